The third-order valence-corrected chi connectivity index (χ3v) is 1.63. The lowest BCUT2D eigenvalue weighted by molar-refractivity contribution is -0.124. The van der Waals surface area contributed by atoms with E-state index >= 15 is 0 Å². The molecule has 0 aromatic rings. The van der Waals surface area contributed by atoms with Gasteiger partial charge < -0.3 is 5.32 Å². The SMILES string of the molecule is CCC(=O)CNC(=O)C(C)Br. The van der Waals surface area contributed by atoms with Gasteiger partial charge in [-0.2, -0.15) is 0 Å². The first kappa shape index (κ1) is 10.6. The van der Waals surface area contributed by atoms with Crippen LogP contribution in [-0.2, 0) is 9.59 Å². The molecule has 0 fully saturated rings. The Labute approximate surface area is 74.7 Å². The zero-order chi connectivity index (χ0) is 8.85. The van der Waals surface area contributed by atoms with Gasteiger partial charge in [0.1, 0.15) is 0 Å². The highest BCUT2D eigenvalue weighted by molar-refractivity contribution is 9.10. The van der Waals surface area contributed by atoms with Crippen LogP contribution in [0.1, 0.15) is 20.3 Å². The Morgan fingerprint density at radius 1 is 1.55 bits per heavy atom. The summed E-state index contributed by atoms with van der Waals surface area (Å²) in [6, 6.07) is 0. The number of Topliss-reactive ketones (excluding diaryl/α,β-unsaturated/α-hetero) is 1. The summed E-state index contributed by atoms with van der Waals surface area (Å²) in [5.41, 5.74) is 0. The van der Waals surface area contributed by atoms with Gasteiger partial charge in [-0.1, -0.05) is 22.9 Å². The number of ketones is 1. The Morgan fingerprint density at radius 2 is 2.09 bits per heavy atom. The molecule has 11 heavy (non-hydrogen) atoms. The lowest BCUT2D eigenvalue weighted by atomic mass is 10.3. The van der Waals surface area contributed by atoms with Crippen molar-refractivity contribution in [1.82, 2.24) is 5.32 Å². The van der Waals surface area contributed by atoms with Crippen molar-refractivity contribution in [3.8, 4) is 0 Å². The molecule has 0 aliphatic carbocycles. The molecule has 1 atom stereocenters. The molecule has 0 aliphatic rings. The molecule has 64 valence electrons. The lowest BCUT2D eigenvalue weighted by Gasteiger charge is -2.03. The molecule has 0 saturated carbocycles. The number of hydrogen-bond donors (Lipinski definition) is 1. The maximum absolute atomic E-state index is 10.9. The van der Waals surface area contributed by atoms with Gasteiger partial charge in [-0.05, 0) is 6.92 Å². The van der Waals surface area contributed by atoms with Crippen molar-refractivity contribution in [2.45, 2.75) is 25.1 Å². The Morgan fingerprint density at radius 3 is 2.45 bits per heavy atom. The summed E-state index contributed by atoms with van der Waals surface area (Å²) in [4.78, 5) is 21.3. The Kier molecular flexibility index (Phi) is 5.11. The largest absolute Gasteiger partial charge is 0.348 e. The number of carbonyl (C=O) groups excluding carboxylic acids is 2. The fourth-order valence-corrected chi connectivity index (χ4v) is 0.613. The molecule has 0 heterocycles. The minimum Gasteiger partial charge on any atom is -0.348 e. The molecule has 0 rings (SSSR count). The van der Waals surface area contributed by atoms with Crippen molar-refractivity contribution in [3.05, 3.63) is 0 Å². The fraction of sp³-hybridized carbons (Fsp3) is 0.714. The summed E-state index contributed by atoms with van der Waals surface area (Å²) in [6.45, 7) is 3.63. The van der Waals surface area contributed by atoms with Crippen LogP contribution < -0.4 is 5.32 Å². The molecule has 0 spiro atoms. The standard InChI is InChI=1S/C7H12BrNO2/c1-3-6(10)4-9-7(11)5(2)8/h5H,3-4H2,1-2H3,(H,9,11). The molecule has 0 saturated heterocycles. The molecule has 0 aromatic heterocycles. The minimum absolute atomic E-state index is 0.0477. The average molecular weight is 222 g/mol. The fourth-order valence-electron chi connectivity index (χ4n) is 0.451. The molecule has 3 nitrogen and oxygen atoms in total. The molecule has 1 unspecified atom stereocenters. The molecule has 4 heteroatoms. The number of carbonyl (C=O) groups is 2. The molecule has 0 aliphatic heterocycles. The van der Waals surface area contributed by atoms with E-state index in [4.69, 9.17) is 0 Å². The second-order valence-corrected chi connectivity index (χ2v) is 3.60. The monoisotopic (exact) mass is 221 g/mol. The van der Waals surface area contributed by atoms with Crippen molar-refractivity contribution < 1.29 is 9.59 Å². The Hall–Kier alpha value is -0.380. The number of hydrogen-bond acceptors (Lipinski definition) is 2. The van der Waals surface area contributed by atoms with E-state index in [9.17, 15) is 9.59 Å². The zero-order valence-electron chi connectivity index (χ0n) is 6.69. The molecule has 0 radical (unpaired) electrons. The van der Waals surface area contributed by atoms with Gasteiger partial charge in [0.2, 0.25) is 5.91 Å². The third kappa shape index (κ3) is 4.95. The third-order valence-electron chi connectivity index (χ3n) is 1.22. The maximum Gasteiger partial charge on any atom is 0.233 e. The number of halogens is 1. The summed E-state index contributed by atoms with van der Waals surface area (Å²) in [5, 5.41) is 2.50. The maximum atomic E-state index is 10.9. The van der Waals surface area contributed by atoms with Gasteiger partial charge in [0.25, 0.3) is 0 Å². The van der Waals surface area contributed by atoms with Gasteiger partial charge in [0, 0.05) is 6.42 Å². The highest BCUT2D eigenvalue weighted by atomic mass is 79.9. The Balaban J connectivity index is 3.54. The van der Waals surface area contributed by atoms with Crippen LogP contribution in [0.2, 0.25) is 0 Å². The van der Waals surface area contributed by atoms with E-state index in [2.05, 4.69) is 21.2 Å². The van der Waals surface area contributed by atoms with Crippen molar-refractivity contribution in [2.24, 2.45) is 0 Å². The molecular formula is C7H12BrNO2. The first-order chi connectivity index (χ1) is 5.07. The predicted octanol–water partition coefficient (Wildman–Crippen LogP) is 0.865. The van der Waals surface area contributed by atoms with E-state index in [1.165, 1.54) is 0 Å². The summed E-state index contributed by atoms with van der Waals surface area (Å²) < 4.78 is 0. The van der Waals surface area contributed by atoms with Crippen LogP contribution in [0.15, 0.2) is 0 Å². The first-order valence-corrected chi connectivity index (χ1v) is 4.43. The van der Waals surface area contributed by atoms with Crippen LogP contribution in [-0.4, -0.2) is 23.1 Å². The van der Waals surface area contributed by atoms with E-state index in [0.29, 0.717) is 6.42 Å². The van der Waals surface area contributed by atoms with Crippen LogP contribution >= 0.6 is 15.9 Å². The van der Waals surface area contributed by atoms with Crippen LogP contribution in [0.5, 0.6) is 0 Å². The highest BCUT2D eigenvalue weighted by Gasteiger charge is 2.08. The second-order valence-electron chi connectivity index (χ2n) is 2.23. The number of nitrogens with one attached hydrogen (secondary N) is 1. The van der Waals surface area contributed by atoms with Gasteiger partial charge in [-0.3, -0.25) is 9.59 Å². The molecule has 1 amide bonds. The number of alkyl halides is 1. The van der Waals surface area contributed by atoms with Crippen molar-refractivity contribution in [1.29, 1.82) is 0 Å². The topological polar surface area (TPSA) is 46.2 Å². The lowest BCUT2D eigenvalue weighted by Crippen LogP contribution is -2.33. The summed E-state index contributed by atoms with van der Waals surface area (Å²) in [7, 11) is 0. The van der Waals surface area contributed by atoms with Crippen LogP contribution in [0.3, 0.4) is 0 Å². The Bertz CT molecular complexity index is 157. The molecular weight excluding hydrogens is 210 g/mol. The van der Waals surface area contributed by atoms with Crippen molar-refractivity contribution in [2.75, 3.05) is 6.54 Å². The predicted molar refractivity (Wildman–Crippen MR) is 46.7 cm³/mol. The zero-order valence-corrected chi connectivity index (χ0v) is 8.27. The normalized spacial score (nSPS) is 12.3. The average Bonchev–Trinajstić information content (AvgIpc) is 1.99. The van der Waals surface area contributed by atoms with E-state index in [1.54, 1.807) is 13.8 Å². The number of amides is 1. The molecule has 1 N–H and O–H groups in total. The summed E-state index contributed by atoms with van der Waals surface area (Å²) in [6.07, 6.45) is 0.469. The van der Waals surface area contributed by atoms with Crippen molar-refractivity contribution in [3.63, 3.8) is 0 Å². The van der Waals surface area contributed by atoms with Crippen molar-refractivity contribution >= 4 is 27.6 Å². The van der Waals surface area contributed by atoms with Gasteiger partial charge >= 0.3 is 0 Å². The van der Waals surface area contributed by atoms with Crippen LogP contribution in [0, 0.1) is 0 Å². The van der Waals surface area contributed by atoms with Gasteiger partial charge in [-0.25, -0.2) is 0 Å². The summed E-state index contributed by atoms with van der Waals surface area (Å²) in [5.74, 6) is -0.0988. The van der Waals surface area contributed by atoms with E-state index in [0.717, 1.165) is 0 Å². The smallest absolute Gasteiger partial charge is 0.233 e. The molecule has 0 aromatic carbocycles. The van der Waals surface area contributed by atoms with Crippen LogP contribution in [0.4, 0.5) is 0 Å². The van der Waals surface area contributed by atoms with E-state index in [-0.39, 0.29) is 23.1 Å². The minimum atomic E-state index is -0.229. The van der Waals surface area contributed by atoms with Crippen LogP contribution in [0.25, 0.3) is 0 Å². The van der Waals surface area contributed by atoms with E-state index in [1.807, 2.05) is 0 Å². The molecule has 0 bridgehead atoms. The van der Waals surface area contributed by atoms with Gasteiger partial charge in [0.15, 0.2) is 5.78 Å². The second kappa shape index (κ2) is 5.29. The van der Waals surface area contributed by atoms with E-state index < -0.39 is 0 Å². The number of rotatable bonds is 4. The van der Waals surface area contributed by atoms with Gasteiger partial charge in [0.05, 0.1) is 11.4 Å². The quantitative estimate of drug-likeness (QED) is 0.717. The van der Waals surface area contributed by atoms with Gasteiger partial charge in [-0.15, -0.1) is 0 Å². The first-order valence-electron chi connectivity index (χ1n) is 3.51. The summed E-state index contributed by atoms with van der Waals surface area (Å²) >= 11 is 3.09. The highest BCUT2D eigenvalue weighted by Crippen LogP contribution is 1.95.